The number of anilines is 2. The molecule has 4 nitrogen and oxygen atoms in total. The molecule has 3 rings (SSSR count). The molecule has 0 aromatic heterocycles. The second-order valence-electron chi connectivity index (χ2n) is 6.54. The number of thioether (sulfide) groups is 1. The Morgan fingerprint density at radius 2 is 1.74 bits per heavy atom. The number of carbonyl (C=O) groups is 1. The van der Waals surface area contributed by atoms with E-state index in [1.165, 1.54) is 0 Å². The minimum Gasteiger partial charge on any atom is -0.372 e. The lowest BCUT2D eigenvalue weighted by atomic mass is 10.1. The maximum Gasteiger partial charge on any atom is 0.288 e. The smallest absolute Gasteiger partial charge is 0.288 e. The highest BCUT2D eigenvalue weighted by atomic mass is 32.2. The van der Waals surface area contributed by atoms with Crippen LogP contribution in [0.3, 0.4) is 0 Å². The molecule has 0 radical (unpaired) electrons. The molecule has 1 fully saturated rings. The maximum absolute atomic E-state index is 13.0. The topological polar surface area (TPSA) is 41.6 Å². The molecule has 0 saturated carbocycles. The Morgan fingerprint density at radius 1 is 1.11 bits per heavy atom. The molecule has 0 aliphatic carbocycles. The van der Waals surface area contributed by atoms with Crippen LogP contribution in [-0.4, -0.2) is 41.9 Å². The summed E-state index contributed by atoms with van der Waals surface area (Å²) < 4.78 is 30.6. The Hall–Kier alpha value is -2.12. The number of benzene rings is 2. The highest BCUT2D eigenvalue weighted by Crippen LogP contribution is 2.28. The molecule has 0 bridgehead atoms. The molecule has 7 heteroatoms. The summed E-state index contributed by atoms with van der Waals surface area (Å²) in [6.07, 6.45) is -0.00426. The molecular weight excluding hydrogens is 370 g/mol. The monoisotopic (exact) mass is 392 g/mol. The van der Waals surface area contributed by atoms with Crippen molar-refractivity contribution in [2.45, 2.75) is 36.7 Å². The first-order valence-electron chi connectivity index (χ1n) is 8.78. The molecule has 0 unspecified atom stereocenters. The molecule has 1 N–H and O–H groups in total. The zero-order chi connectivity index (χ0) is 19.4. The zero-order valence-electron chi connectivity index (χ0n) is 15.2. The van der Waals surface area contributed by atoms with E-state index in [9.17, 15) is 13.6 Å². The lowest BCUT2D eigenvalue weighted by Crippen LogP contribution is -2.48. The lowest BCUT2D eigenvalue weighted by molar-refractivity contribution is -0.0585. The van der Waals surface area contributed by atoms with Crippen molar-refractivity contribution in [1.82, 2.24) is 4.90 Å². The fraction of sp³-hybridized carbons (Fsp3) is 0.350. The van der Waals surface area contributed by atoms with Crippen LogP contribution in [0, 0.1) is 0 Å². The van der Waals surface area contributed by atoms with Gasteiger partial charge >= 0.3 is 0 Å². The SMILES string of the molecule is C[C@@H]1CN(C(=O)c2ccccc2Nc2ccc(SC(F)F)cc2)C[C@@H](C)O1. The van der Waals surface area contributed by atoms with Crippen LogP contribution in [0.15, 0.2) is 53.4 Å². The number of morpholine rings is 1. The Labute approximate surface area is 161 Å². The van der Waals surface area contributed by atoms with Gasteiger partial charge in [0.25, 0.3) is 11.7 Å². The minimum atomic E-state index is -2.44. The summed E-state index contributed by atoms with van der Waals surface area (Å²) in [4.78, 5) is 15.3. The summed E-state index contributed by atoms with van der Waals surface area (Å²) in [7, 11) is 0. The van der Waals surface area contributed by atoms with Crippen LogP contribution >= 0.6 is 11.8 Å². The molecule has 1 amide bonds. The van der Waals surface area contributed by atoms with Crippen molar-refractivity contribution in [3.63, 3.8) is 0 Å². The Morgan fingerprint density at radius 3 is 2.37 bits per heavy atom. The molecule has 2 aromatic carbocycles. The average molecular weight is 392 g/mol. The standard InChI is InChI=1S/C20H22F2N2O2S/c1-13-11-24(12-14(2)26-13)19(25)17-5-3-4-6-18(17)23-15-7-9-16(10-8-15)27-20(21)22/h3-10,13-14,20,23H,11-12H2,1-2H3/t13-,14-/m1/s1. The first kappa shape index (κ1) is 19.6. The van der Waals surface area contributed by atoms with Crippen molar-refractivity contribution in [2.75, 3.05) is 18.4 Å². The van der Waals surface area contributed by atoms with Crippen LogP contribution in [0.5, 0.6) is 0 Å². The van der Waals surface area contributed by atoms with Gasteiger partial charge in [0.1, 0.15) is 0 Å². The predicted octanol–water partition coefficient (Wildman–Crippen LogP) is 4.99. The highest BCUT2D eigenvalue weighted by Gasteiger charge is 2.27. The van der Waals surface area contributed by atoms with Gasteiger partial charge in [0, 0.05) is 23.7 Å². The van der Waals surface area contributed by atoms with E-state index in [1.807, 2.05) is 36.9 Å². The van der Waals surface area contributed by atoms with Gasteiger partial charge < -0.3 is 15.0 Å². The third-order valence-corrected chi connectivity index (χ3v) is 4.95. The van der Waals surface area contributed by atoms with Gasteiger partial charge in [-0.15, -0.1) is 0 Å². The predicted molar refractivity (Wildman–Crippen MR) is 104 cm³/mol. The van der Waals surface area contributed by atoms with Gasteiger partial charge in [-0.3, -0.25) is 4.79 Å². The van der Waals surface area contributed by atoms with E-state index in [0.717, 1.165) is 5.69 Å². The number of hydrogen-bond donors (Lipinski definition) is 1. The molecule has 1 saturated heterocycles. The van der Waals surface area contributed by atoms with E-state index >= 15 is 0 Å². The number of rotatable bonds is 5. The van der Waals surface area contributed by atoms with Crippen LogP contribution in [0.2, 0.25) is 0 Å². The van der Waals surface area contributed by atoms with Crippen LogP contribution < -0.4 is 5.32 Å². The summed E-state index contributed by atoms with van der Waals surface area (Å²) in [6, 6.07) is 14.0. The van der Waals surface area contributed by atoms with Gasteiger partial charge in [0.2, 0.25) is 0 Å². The summed E-state index contributed by atoms with van der Waals surface area (Å²) >= 11 is 0.507. The first-order chi connectivity index (χ1) is 12.9. The van der Waals surface area contributed by atoms with Crippen LogP contribution in [-0.2, 0) is 4.74 Å². The molecular formula is C20H22F2N2O2S. The molecule has 2 aromatic rings. The van der Waals surface area contributed by atoms with Crippen molar-refractivity contribution < 1.29 is 18.3 Å². The molecule has 144 valence electrons. The van der Waals surface area contributed by atoms with Gasteiger partial charge in [-0.05, 0) is 50.2 Å². The second-order valence-corrected chi connectivity index (χ2v) is 7.60. The largest absolute Gasteiger partial charge is 0.372 e. The summed E-state index contributed by atoms with van der Waals surface area (Å²) in [5.74, 6) is -2.49. The summed E-state index contributed by atoms with van der Waals surface area (Å²) in [6.45, 7) is 5.02. The number of nitrogens with one attached hydrogen (secondary N) is 1. The van der Waals surface area contributed by atoms with E-state index in [1.54, 1.807) is 30.3 Å². The Balaban J connectivity index is 1.76. The number of nitrogens with zero attached hydrogens (tertiary/aromatic N) is 1. The fourth-order valence-electron chi connectivity index (χ4n) is 3.17. The lowest BCUT2D eigenvalue weighted by Gasteiger charge is -2.35. The number of carbonyl (C=O) groups excluding carboxylic acids is 1. The van der Waals surface area contributed by atoms with Gasteiger partial charge in [0.05, 0.1) is 23.5 Å². The van der Waals surface area contributed by atoms with Gasteiger partial charge in [-0.25, -0.2) is 0 Å². The van der Waals surface area contributed by atoms with Crippen molar-refractivity contribution in [3.05, 3.63) is 54.1 Å². The van der Waals surface area contributed by atoms with Crippen LogP contribution in [0.25, 0.3) is 0 Å². The third-order valence-electron chi connectivity index (χ3n) is 4.22. The quantitative estimate of drug-likeness (QED) is 0.728. The van der Waals surface area contributed by atoms with Crippen molar-refractivity contribution >= 4 is 29.0 Å². The molecule has 1 aliphatic heterocycles. The fourth-order valence-corrected chi connectivity index (χ4v) is 3.67. The zero-order valence-corrected chi connectivity index (χ0v) is 16.0. The van der Waals surface area contributed by atoms with Crippen molar-refractivity contribution in [2.24, 2.45) is 0 Å². The highest BCUT2D eigenvalue weighted by molar-refractivity contribution is 7.99. The van der Waals surface area contributed by atoms with E-state index in [2.05, 4.69) is 5.32 Å². The molecule has 27 heavy (non-hydrogen) atoms. The van der Waals surface area contributed by atoms with Crippen LogP contribution in [0.4, 0.5) is 20.2 Å². The summed E-state index contributed by atoms with van der Waals surface area (Å²) in [5.41, 5.74) is 1.99. The molecule has 0 spiro atoms. The normalized spacial score (nSPS) is 20.0. The Kier molecular flexibility index (Phi) is 6.34. The van der Waals surface area contributed by atoms with Gasteiger partial charge in [0.15, 0.2) is 0 Å². The van der Waals surface area contributed by atoms with Gasteiger partial charge in [-0.1, -0.05) is 23.9 Å². The first-order valence-corrected chi connectivity index (χ1v) is 9.66. The third kappa shape index (κ3) is 5.20. The van der Waals surface area contributed by atoms with Gasteiger partial charge in [-0.2, -0.15) is 8.78 Å². The van der Waals surface area contributed by atoms with E-state index < -0.39 is 5.76 Å². The van der Waals surface area contributed by atoms with Crippen molar-refractivity contribution in [1.29, 1.82) is 0 Å². The average Bonchev–Trinajstić information content (AvgIpc) is 2.62. The van der Waals surface area contributed by atoms with Crippen molar-refractivity contribution in [3.8, 4) is 0 Å². The summed E-state index contributed by atoms with van der Waals surface area (Å²) in [5, 5.41) is 3.22. The maximum atomic E-state index is 13.0. The molecule has 1 heterocycles. The number of para-hydroxylation sites is 1. The number of amides is 1. The molecule has 1 aliphatic rings. The number of hydrogen-bond acceptors (Lipinski definition) is 4. The van der Waals surface area contributed by atoms with E-state index in [4.69, 9.17) is 4.74 Å². The van der Waals surface area contributed by atoms with E-state index in [0.29, 0.717) is 41.0 Å². The van der Waals surface area contributed by atoms with E-state index in [-0.39, 0.29) is 18.1 Å². The van der Waals surface area contributed by atoms with Crippen LogP contribution in [0.1, 0.15) is 24.2 Å². The number of ether oxygens (including phenoxy) is 1. The second kappa shape index (κ2) is 8.71. The minimum absolute atomic E-state index is 0.00213. The Bertz CT molecular complexity index is 776. The molecule has 2 atom stereocenters. The number of alkyl halides is 2. The number of halogens is 2.